The van der Waals surface area contributed by atoms with Crippen LogP contribution in [0.1, 0.15) is 5.69 Å². The Kier molecular flexibility index (Phi) is 1.33. The lowest BCUT2D eigenvalue weighted by Gasteiger charge is -1.93. The van der Waals surface area contributed by atoms with Crippen molar-refractivity contribution in [1.82, 2.24) is 10.2 Å². The summed E-state index contributed by atoms with van der Waals surface area (Å²) >= 11 is 0. The van der Waals surface area contributed by atoms with Gasteiger partial charge in [-0.3, -0.25) is 0 Å². The van der Waals surface area contributed by atoms with Crippen LogP contribution < -0.4 is 0 Å². The first-order chi connectivity index (χ1) is 5.42. The first-order valence-electron chi connectivity index (χ1n) is 3.21. The monoisotopic (exact) mass is 150 g/mol. The lowest BCUT2D eigenvalue weighted by Crippen LogP contribution is -1.83. The molecule has 4 heteroatoms. The van der Waals surface area contributed by atoms with Crippen molar-refractivity contribution in [1.29, 1.82) is 0 Å². The molecule has 0 atom stereocenters. The van der Waals surface area contributed by atoms with E-state index in [0.717, 1.165) is 0 Å². The minimum Gasteiger partial charge on any atom is -0.461 e. The van der Waals surface area contributed by atoms with E-state index in [0.29, 0.717) is 17.1 Å². The zero-order chi connectivity index (χ0) is 7.68. The van der Waals surface area contributed by atoms with E-state index < -0.39 is 0 Å². The summed E-state index contributed by atoms with van der Waals surface area (Å²) in [6.07, 6.45) is 1.53. The van der Waals surface area contributed by atoms with Gasteiger partial charge in [-0.25, -0.2) is 0 Å². The Bertz CT molecular complexity index is 331. The van der Waals surface area contributed by atoms with Crippen molar-refractivity contribution < 1.29 is 9.52 Å². The molecule has 4 nitrogen and oxygen atoms in total. The normalized spacial score (nSPS) is 10.6. The summed E-state index contributed by atoms with van der Waals surface area (Å²) in [6, 6.07) is 3.52. The molecule has 0 aromatic rings. The molecule has 0 fully saturated rings. The fraction of sp³-hybridized carbons (Fsp3) is 0.143. The summed E-state index contributed by atoms with van der Waals surface area (Å²) in [5, 5.41) is 16.3. The van der Waals surface area contributed by atoms with Crippen molar-refractivity contribution in [3.05, 3.63) is 24.1 Å². The number of aliphatic hydroxyl groups excluding tert-OH is 1. The van der Waals surface area contributed by atoms with Crippen molar-refractivity contribution >= 4 is 0 Å². The molecular weight excluding hydrogens is 144 g/mol. The van der Waals surface area contributed by atoms with Gasteiger partial charge in [-0.15, -0.1) is 10.2 Å². The first-order valence-corrected chi connectivity index (χ1v) is 3.21. The molecule has 1 N–H and O–H groups in total. The minimum absolute atomic E-state index is 0.135. The fourth-order valence-electron chi connectivity index (χ4n) is 0.931. The number of nitrogens with zero attached hydrogens (tertiary/aromatic N) is 2. The Morgan fingerprint density at radius 3 is 3.18 bits per heavy atom. The molecule has 2 aliphatic heterocycles. The molecule has 0 amide bonds. The predicted octanol–water partition coefficient (Wildman–Crippen LogP) is 0.667. The summed E-state index contributed by atoms with van der Waals surface area (Å²) in [6.45, 7) is -0.135. The highest BCUT2D eigenvalue weighted by atomic mass is 16.3. The third-order valence-electron chi connectivity index (χ3n) is 1.44. The van der Waals surface area contributed by atoms with Gasteiger partial charge in [0.1, 0.15) is 11.4 Å². The standard InChI is InChI=1S/C7H6N2O2/c10-4-6-7-5(8-9-6)2-1-3-11-7/h1-3,10H,4H2. The summed E-state index contributed by atoms with van der Waals surface area (Å²) in [7, 11) is 0. The van der Waals surface area contributed by atoms with E-state index in [9.17, 15) is 0 Å². The van der Waals surface area contributed by atoms with Crippen LogP contribution >= 0.6 is 0 Å². The van der Waals surface area contributed by atoms with Gasteiger partial charge in [0.2, 0.25) is 0 Å². The number of hydrogen-bond acceptors (Lipinski definition) is 4. The molecule has 0 bridgehead atoms. The van der Waals surface area contributed by atoms with Crippen molar-refractivity contribution in [2.75, 3.05) is 0 Å². The van der Waals surface area contributed by atoms with Crippen LogP contribution in [-0.4, -0.2) is 15.3 Å². The van der Waals surface area contributed by atoms with Crippen molar-refractivity contribution in [3.63, 3.8) is 0 Å². The van der Waals surface area contributed by atoms with Crippen LogP contribution in [-0.2, 0) is 6.61 Å². The van der Waals surface area contributed by atoms with E-state index in [1.165, 1.54) is 6.26 Å². The largest absolute Gasteiger partial charge is 0.461 e. The van der Waals surface area contributed by atoms with Crippen LogP contribution in [0.15, 0.2) is 22.8 Å². The third-order valence-corrected chi connectivity index (χ3v) is 1.44. The molecule has 2 heterocycles. The average molecular weight is 150 g/mol. The minimum atomic E-state index is -0.135. The SMILES string of the molecule is OCc1nnc2cccoc1-2. The second kappa shape index (κ2) is 2.32. The maximum atomic E-state index is 8.76. The van der Waals surface area contributed by atoms with Crippen LogP contribution in [0.3, 0.4) is 0 Å². The van der Waals surface area contributed by atoms with E-state index >= 15 is 0 Å². The first kappa shape index (κ1) is 6.30. The van der Waals surface area contributed by atoms with Gasteiger partial charge < -0.3 is 9.52 Å². The van der Waals surface area contributed by atoms with E-state index in [-0.39, 0.29) is 6.61 Å². The van der Waals surface area contributed by atoms with Gasteiger partial charge in [0, 0.05) is 0 Å². The second-order valence-electron chi connectivity index (χ2n) is 2.13. The van der Waals surface area contributed by atoms with Gasteiger partial charge >= 0.3 is 0 Å². The topological polar surface area (TPSA) is 59.2 Å². The quantitative estimate of drug-likeness (QED) is 0.648. The summed E-state index contributed by atoms with van der Waals surface area (Å²) in [4.78, 5) is 0. The van der Waals surface area contributed by atoms with Crippen molar-refractivity contribution in [3.8, 4) is 11.5 Å². The average Bonchev–Trinajstić information content (AvgIpc) is 2.47. The maximum Gasteiger partial charge on any atom is 0.179 e. The second-order valence-corrected chi connectivity index (χ2v) is 2.13. The highest BCUT2D eigenvalue weighted by Crippen LogP contribution is 2.21. The van der Waals surface area contributed by atoms with Crippen LogP contribution in [0.4, 0.5) is 0 Å². The van der Waals surface area contributed by atoms with E-state index in [2.05, 4.69) is 10.2 Å². The zero-order valence-electron chi connectivity index (χ0n) is 5.69. The highest BCUT2D eigenvalue weighted by Gasteiger charge is 2.13. The van der Waals surface area contributed by atoms with Gasteiger partial charge in [0.15, 0.2) is 5.76 Å². The van der Waals surface area contributed by atoms with Gasteiger partial charge in [-0.05, 0) is 12.1 Å². The summed E-state index contributed by atoms with van der Waals surface area (Å²) in [5.74, 6) is 0.565. The molecule has 0 aromatic heterocycles. The van der Waals surface area contributed by atoms with E-state index in [1.54, 1.807) is 12.1 Å². The lowest BCUT2D eigenvalue weighted by atomic mass is 10.3. The molecule has 0 aromatic carbocycles. The third kappa shape index (κ3) is 0.877. The molecule has 0 unspecified atom stereocenters. The molecule has 0 aliphatic carbocycles. The van der Waals surface area contributed by atoms with Gasteiger partial charge in [-0.1, -0.05) is 0 Å². The van der Waals surface area contributed by atoms with E-state index in [1.807, 2.05) is 0 Å². The van der Waals surface area contributed by atoms with Crippen LogP contribution in [0.5, 0.6) is 0 Å². The molecule has 2 rings (SSSR count). The van der Waals surface area contributed by atoms with Crippen LogP contribution in [0.25, 0.3) is 11.5 Å². The molecule has 11 heavy (non-hydrogen) atoms. The predicted molar refractivity (Wildman–Crippen MR) is 36.8 cm³/mol. The molecule has 0 saturated carbocycles. The fourth-order valence-corrected chi connectivity index (χ4v) is 0.931. The number of aliphatic hydroxyl groups is 1. The Hall–Kier alpha value is -1.42. The van der Waals surface area contributed by atoms with Gasteiger partial charge in [-0.2, -0.15) is 0 Å². The lowest BCUT2D eigenvalue weighted by molar-refractivity contribution is 0.274. The Morgan fingerprint density at radius 2 is 2.36 bits per heavy atom. The molecule has 2 aliphatic rings. The Balaban J connectivity index is 2.64. The number of hydrogen-bond donors (Lipinski definition) is 1. The molecule has 0 saturated heterocycles. The molecular formula is C7H6N2O2. The maximum absolute atomic E-state index is 8.76. The van der Waals surface area contributed by atoms with Crippen LogP contribution in [0.2, 0.25) is 0 Å². The number of aromatic nitrogens is 2. The molecule has 0 spiro atoms. The molecule has 0 radical (unpaired) electrons. The zero-order valence-corrected chi connectivity index (χ0v) is 5.69. The summed E-state index contributed by atoms with van der Waals surface area (Å²) in [5.41, 5.74) is 1.16. The number of rotatable bonds is 1. The smallest absolute Gasteiger partial charge is 0.179 e. The Labute approximate surface area is 62.8 Å². The van der Waals surface area contributed by atoms with Gasteiger partial charge in [0.05, 0.1) is 12.9 Å². The van der Waals surface area contributed by atoms with Crippen molar-refractivity contribution in [2.45, 2.75) is 6.61 Å². The number of fused-ring (bicyclic) bond motifs is 1. The van der Waals surface area contributed by atoms with Gasteiger partial charge in [0.25, 0.3) is 0 Å². The Morgan fingerprint density at radius 1 is 1.45 bits per heavy atom. The summed E-state index contributed by atoms with van der Waals surface area (Å²) < 4.78 is 5.09. The molecule has 56 valence electrons. The van der Waals surface area contributed by atoms with Crippen LogP contribution in [0, 0.1) is 0 Å². The highest BCUT2D eigenvalue weighted by molar-refractivity contribution is 5.55. The van der Waals surface area contributed by atoms with E-state index in [4.69, 9.17) is 9.52 Å². The van der Waals surface area contributed by atoms with Crippen molar-refractivity contribution in [2.24, 2.45) is 0 Å².